The molecule has 0 heterocycles. The van der Waals surface area contributed by atoms with Gasteiger partial charge in [0.05, 0.1) is 5.97 Å². The minimum Gasteiger partial charge on any atom is -0.550 e. The molecule has 0 saturated carbocycles. The zero-order valence-corrected chi connectivity index (χ0v) is 29.6. The maximum Gasteiger partial charge on any atom is 2.00 e. The normalized spacial score (nSPS) is 9.55. The summed E-state index contributed by atoms with van der Waals surface area (Å²) in [4.78, 5) is 20.6. The molecule has 0 aromatic heterocycles. The average Bonchev–Trinajstić information content (AvgIpc) is 2.95. The van der Waals surface area contributed by atoms with Crippen molar-refractivity contribution < 1.29 is 19.8 Å². The van der Waals surface area contributed by atoms with Gasteiger partial charge in [0, 0.05) is 5.97 Å². The van der Waals surface area contributed by atoms with Crippen LogP contribution in [-0.2, 0) is 11.2 Å². The molecule has 0 atom stereocenters. The molecule has 4 nitrogen and oxygen atoms in total. The summed E-state index contributed by atoms with van der Waals surface area (Å²) in [6, 6.07) is 6.79. The van der Waals surface area contributed by atoms with Crippen LogP contribution in [0.15, 0.2) is 24.3 Å². The van der Waals surface area contributed by atoms with Crippen LogP contribution in [0.1, 0.15) is 172 Å². The van der Waals surface area contributed by atoms with E-state index in [1.165, 1.54) is 102 Å². The average molecular weight is 666 g/mol. The molecule has 0 bridgehead atoms. The summed E-state index contributed by atoms with van der Waals surface area (Å²) in [7, 11) is 0. The summed E-state index contributed by atoms with van der Waals surface area (Å²) >= 11 is 0. The predicted molar refractivity (Wildman–Crippen MR) is 171 cm³/mol. The molecule has 0 saturated heterocycles. The summed E-state index contributed by atoms with van der Waals surface area (Å²) in [5.41, 5.74) is 1.27. The van der Waals surface area contributed by atoms with Crippen molar-refractivity contribution in [1.82, 2.24) is 0 Å². The van der Waals surface area contributed by atoms with Crippen LogP contribution in [0.2, 0.25) is 0 Å². The van der Waals surface area contributed by atoms with Crippen molar-refractivity contribution in [2.75, 3.05) is 0 Å². The van der Waals surface area contributed by atoms with E-state index in [2.05, 4.69) is 34.6 Å². The number of hydrogen-bond donors (Lipinski definition) is 0. The third-order valence-electron chi connectivity index (χ3n) is 6.26. The van der Waals surface area contributed by atoms with Gasteiger partial charge in [-0.3, -0.25) is 0 Å². The molecule has 1 aromatic carbocycles. The van der Waals surface area contributed by atoms with Crippen molar-refractivity contribution in [2.24, 2.45) is 0 Å². The van der Waals surface area contributed by atoms with E-state index < -0.39 is 11.9 Å². The first-order valence-corrected chi connectivity index (χ1v) is 15.9. The summed E-state index contributed by atoms with van der Waals surface area (Å²) in [6.07, 6.45) is 25.3. The van der Waals surface area contributed by atoms with Crippen LogP contribution >= 0.6 is 0 Å². The minimum absolute atomic E-state index is 0. The third-order valence-corrected chi connectivity index (χ3v) is 6.26. The Kier molecular flexibility index (Phi) is 46.0. The molecule has 0 unspecified atom stereocenters. The second-order valence-electron chi connectivity index (χ2n) is 10.1. The summed E-state index contributed by atoms with van der Waals surface area (Å²) in [6.45, 7) is 15.7. The van der Waals surface area contributed by atoms with Crippen LogP contribution in [0.5, 0.6) is 0 Å². The van der Waals surface area contributed by atoms with E-state index in [0.29, 0.717) is 0 Å². The summed E-state index contributed by atoms with van der Waals surface area (Å²) < 4.78 is 0. The number of rotatable bonds is 20. The maximum atomic E-state index is 10.4. The monoisotopic (exact) mass is 666 g/mol. The standard InChI is InChI=1S/C18H36O2.C9H10O2.2C4H9.Sn/c1-2-3-4-5-6-7-8-9-10-11-12-13-14-15-16-17-18(19)20;1-2-7-4-3-5-8(6-7)9(10)11;2*1-3-4-2;/h2-17H2,1H3,(H,19,20);3-6H,2H2,1H3,(H,10,11);2*1,3-4H2,2H3;/q;;;;+2/p-2. The second-order valence-corrected chi connectivity index (χ2v) is 10.1. The molecule has 0 spiro atoms. The van der Waals surface area contributed by atoms with Crippen molar-refractivity contribution in [3.05, 3.63) is 49.2 Å². The molecule has 0 amide bonds. The second kappa shape index (κ2) is 40.1. The smallest absolute Gasteiger partial charge is 0.550 e. The first-order chi connectivity index (χ1) is 18.8. The molecule has 1 aromatic rings. The fraction of sp³-hybridized carbons (Fsp3) is 0.714. The number of aromatic carboxylic acids is 1. The van der Waals surface area contributed by atoms with Gasteiger partial charge in [-0.25, -0.2) is 0 Å². The Morgan fingerprint density at radius 3 is 1.30 bits per heavy atom. The zero-order chi connectivity index (χ0) is 30.0. The molecule has 1 rings (SSSR count). The van der Waals surface area contributed by atoms with Gasteiger partial charge in [0.2, 0.25) is 0 Å². The van der Waals surface area contributed by atoms with Gasteiger partial charge >= 0.3 is 23.9 Å². The van der Waals surface area contributed by atoms with E-state index in [1.807, 2.05) is 13.0 Å². The Morgan fingerprint density at radius 1 is 0.625 bits per heavy atom. The van der Waals surface area contributed by atoms with Crippen molar-refractivity contribution in [1.29, 1.82) is 0 Å². The molecule has 40 heavy (non-hydrogen) atoms. The van der Waals surface area contributed by atoms with E-state index in [-0.39, 0.29) is 35.9 Å². The number of carbonyl (C=O) groups excluding carboxylic acids is 2. The van der Waals surface area contributed by atoms with Crippen molar-refractivity contribution >= 4 is 35.8 Å². The number of carboxylic acids is 2. The molecule has 4 radical (unpaired) electrons. The SMILES string of the molecule is CCCCCCCCCCCCCCCCCC(=O)[O-].CCc1cccc(C(=O)[O-])c1.[CH2]CCC.[CH2]CCC.[Sn+2]. The van der Waals surface area contributed by atoms with Gasteiger partial charge in [0.15, 0.2) is 0 Å². The van der Waals surface area contributed by atoms with Crippen molar-refractivity contribution in [3.63, 3.8) is 0 Å². The van der Waals surface area contributed by atoms with Crippen molar-refractivity contribution in [2.45, 2.75) is 163 Å². The topological polar surface area (TPSA) is 80.3 Å². The first kappa shape index (κ1) is 45.9. The van der Waals surface area contributed by atoms with E-state index in [9.17, 15) is 19.8 Å². The number of carboxylic acid groups (broad SMARTS) is 2. The van der Waals surface area contributed by atoms with E-state index in [1.54, 1.807) is 12.1 Å². The quantitative estimate of drug-likeness (QED) is 0.103. The van der Waals surface area contributed by atoms with Gasteiger partial charge in [-0.05, 0) is 36.5 Å². The van der Waals surface area contributed by atoms with Gasteiger partial charge < -0.3 is 19.8 Å². The van der Waals surface area contributed by atoms with E-state index in [0.717, 1.165) is 37.7 Å². The number of aryl methyl sites for hydroxylation is 1. The van der Waals surface area contributed by atoms with Crippen LogP contribution in [0.4, 0.5) is 0 Å². The van der Waals surface area contributed by atoms with Crippen LogP contribution in [0.3, 0.4) is 0 Å². The number of hydrogen-bond acceptors (Lipinski definition) is 4. The first-order valence-electron chi connectivity index (χ1n) is 15.9. The zero-order valence-electron chi connectivity index (χ0n) is 26.7. The Labute approximate surface area is 266 Å². The Morgan fingerprint density at radius 2 is 1.00 bits per heavy atom. The van der Waals surface area contributed by atoms with Crippen LogP contribution < -0.4 is 10.2 Å². The maximum absolute atomic E-state index is 10.4. The van der Waals surface area contributed by atoms with Gasteiger partial charge in [0.1, 0.15) is 0 Å². The van der Waals surface area contributed by atoms with Gasteiger partial charge in [0.25, 0.3) is 0 Å². The fourth-order valence-electron chi connectivity index (χ4n) is 3.56. The molecular formula is C35H62O4Sn. The number of unbranched alkanes of at least 4 members (excludes halogenated alkanes) is 16. The van der Waals surface area contributed by atoms with Gasteiger partial charge in [-0.1, -0.05) is 175 Å². The molecule has 5 heteroatoms. The molecule has 0 aliphatic heterocycles. The molecule has 0 fully saturated rings. The minimum atomic E-state index is -1.11. The van der Waals surface area contributed by atoms with E-state index >= 15 is 0 Å². The Bertz CT molecular complexity index is 626. The molecular weight excluding hydrogens is 603 g/mol. The summed E-state index contributed by atoms with van der Waals surface area (Å²) in [5, 5.41) is 20.6. The molecule has 0 N–H and O–H groups in total. The molecule has 0 aliphatic carbocycles. The van der Waals surface area contributed by atoms with E-state index in [4.69, 9.17) is 0 Å². The predicted octanol–water partition coefficient (Wildman–Crippen LogP) is 8.47. The Hall–Kier alpha value is -1.04. The van der Waals surface area contributed by atoms with Gasteiger partial charge in [-0.15, -0.1) is 0 Å². The number of benzene rings is 1. The number of carbonyl (C=O) groups is 2. The third kappa shape index (κ3) is 41.4. The van der Waals surface area contributed by atoms with Crippen molar-refractivity contribution in [3.8, 4) is 0 Å². The van der Waals surface area contributed by atoms with Crippen LogP contribution in [-0.4, -0.2) is 35.8 Å². The Balaban J connectivity index is -0.000000269. The van der Waals surface area contributed by atoms with Crippen LogP contribution in [0.25, 0.3) is 0 Å². The molecule has 0 aliphatic rings. The largest absolute Gasteiger partial charge is 2.00 e. The number of aliphatic carboxylic acids is 1. The summed E-state index contributed by atoms with van der Waals surface area (Å²) in [5.74, 6) is -2.01. The molecule has 230 valence electrons. The fourth-order valence-corrected chi connectivity index (χ4v) is 3.56. The van der Waals surface area contributed by atoms with Gasteiger partial charge in [-0.2, -0.15) is 0 Å². The van der Waals surface area contributed by atoms with Crippen LogP contribution in [0, 0.1) is 13.8 Å².